The molecule has 1 fully saturated rings. The lowest BCUT2D eigenvalue weighted by Crippen LogP contribution is -2.26. The van der Waals surface area contributed by atoms with E-state index in [0.29, 0.717) is 12.1 Å². The first-order valence-electron chi connectivity index (χ1n) is 6.30. The van der Waals surface area contributed by atoms with Crippen molar-refractivity contribution in [3.05, 3.63) is 65.5 Å². The number of rotatable bonds is 2. The molecule has 2 atom stereocenters. The Labute approximate surface area is 107 Å². The van der Waals surface area contributed by atoms with Gasteiger partial charge >= 0.3 is 0 Å². The summed E-state index contributed by atoms with van der Waals surface area (Å²) in [5.41, 5.74) is 10.7. The lowest BCUT2D eigenvalue weighted by atomic mass is 9.98. The molecule has 0 saturated carbocycles. The number of benzene rings is 1. The number of aryl methyl sites for hydroxylation is 1. The minimum Gasteiger partial charge on any atom is -0.265 e. The van der Waals surface area contributed by atoms with Crippen LogP contribution in [0, 0.1) is 6.92 Å². The van der Waals surface area contributed by atoms with Gasteiger partial charge in [-0.2, -0.15) is 0 Å². The van der Waals surface area contributed by atoms with Crippen LogP contribution in [0.3, 0.4) is 0 Å². The first kappa shape index (κ1) is 11.4. The molecule has 92 valence electrons. The predicted octanol–water partition coefficient (Wildman–Crippen LogP) is 2.67. The number of hydrogen-bond donors (Lipinski definition) is 2. The molecule has 2 heterocycles. The van der Waals surface area contributed by atoms with Crippen molar-refractivity contribution in [1.29, 1.82) is 0 Å². The summed E-state index contributed by atoms with van der Waals surface area (Å²) in [4.78, 5) is 4.06. The quantitative estimate of drug-likeness (QED) is 0.846. The first-order chi connectivity index (χ1) is 8.83. The van der Waals surface area contributed by atoms with Crippen molar-refractivity contribution >= 4 is 0 Å². The Morgan fingerprint density at radius 2 is 1.44 bits per heavy atom. The Hall–Kier alpha value is -1.71. The zero-order valence-corrected chi connectivity index (χ0v) is 10.4. The number of pyridine rings is 1. The molecule has 0 amide bonds. The van der Waals surface area contributed by atoms with Crippen LogP contribution in [0.25, 0.3) is 0 Å². The van der Waals surface area contributed by atoms with Crippen molar-refractivity contribution in [3.8, 4) is 0 Å². The van der Waals surface area contributed by atoms with Crippen molar-refractivity contribution in [3.63, 3.8) is 0 Å². The number of nitrogens with one attached hydrogen (secondary N) is 2. The molecule has 1 aromatic heterocycles. The van der Waals surface area contributed by atoms with Gasteiger partial charge in [-0.3, -0.25) is 4.98 Å². The molecular weight excluding hydrogens is 222 g/mol. The molecule has 3 nitrogen and oxygen atoms in total. The second-order valence-electron chi connectivity index (χ2n) is 4.82. The molecule has 2 aromatic rings. The highest BCUT2D eigenvalue weighted by Gasteiger charge is 2.25. The van der Waals surface area contributed by atoms with Gasteiger partial charge in [0, 0.05) is 24.5 Å². The van der Waals surface area contributed by atoms with Gasteiger partial charge in [0.1, 0.15) is 0 Å². The van der Waals surface area contributed by atoms with E-state index < -0.39 is 0 Å². The van der Waals surface area contributed by atoms with E-state index in [2.05, 4.69) is 59.2 Å². The Balaban J connectivity index is 1.74. The summed E-state index contributed by atoms with van der Waals surface area (Å²) in [5.74, 6) is 0. The molecule has 18 heavy (non-hydrogen) atoms. The van der Waals surface area contributed by atoms with E-state index in [0.717, 1.165) is 6.42 Å². The molecule has 0 bridgehead atoms. The molecule has 0 aliphatic carbocycles. The van der Waals surface area contributed by atoms with Gasteiger partial charge in [0.05, 0.1) is 0 Å². The summed E-state index contributed by atoms with van der Waals surface area (Å²) >= 11 is 0. The van der Waals surface area contributed by atoms with Crippen molar-refractivity contribution in [2.45, 2.75) is 25.4 Å². The van der Waals surface area contributed by atoms with Crippen LogP contribution in [0.15, 0.2) is 48.8 Å². The van der Waals surface area contributed by atoms with Gasteiger partial charge in [0.2, 0.25) is 0 Å². The van der Waals surface area contributed by atoms with Gasteiger partial charge in [-0.15, -0.1) is 0 Å². The Morgan fingerprint density at radius 1 is 0.889 bits per heavy atom. The van der Waals surface area contributed by atoms with Crippen molar-refractivity contribution in [2.24, 2.45) is 0 Å². The molecule has 3 rings (SSSR count). The molecule has 3 heteroatoms. The summed E-state index contributed by atoms with van der Waals surface area (Å²) in [6.45, 7) is 2.11. The summed E-state index contributed by atoms with van der Waals surface area (Å²) in [6.07, 6.45) is 4.75. The minimum atomic E-state index is 0.360. The molecule has 1 aliphatic rings. The number of aromatic nitrogens is 1. The average Bonchev–Trinajstić information content (AvgIpc) is 2.90. The van der Waals surface area contributed by atoms with Crippen molar-refractivity contribution in [2.75, 3.05) is 0 Å². The lowest BCUT2D eigenvalue weighted by Gasteiger charge is -2.10. The molecule has 2 unspecified atom stereocenters. The van der Waals surface area contributed by atoms with Crippen LogP contribution in [-0.4, -0.2) is 4.98 Å². The third-order valence-electron chi connectivity index (χ3n) is 3.49. The third kappa shape index (κ3) is 2.28. The van der Waals surface area contributed by atoms with E-state index >= 15 is 0 Å². The fourth-order valence-electron chi connectivity index (χ4n) is 2.39. The van der Waals surface area contributed by atoms with Gasteiger partial charge in [0.25, 0.3) is 0 Å². The highest BCUT2D eigenvalue weighted by Crippen LogP contribution is 2.30. The van der Waals surface area contributed by atoms with E-state index in [1.54, 1.807) is 0 Å². The lowest BCUT2D eigenvalue weighted by molar-refractivity contribution is 0.554. The van der Waals surface area contributed by atoms with E-state index in [-0.39, 0.29) is 0 Å². The van der Waals surface area contributed by atoms with Gasteiger partial charge in [0.15, 0.2) is 0 Å². The normalized spacial score (nSPS) is 23.2. The zero-order chi connectivity index (χ0) is 12.4. The highest BCUT2D eigenvalue weighted by molar-refractivity contribution is 5.26. The average molecular weight is 239 g/mol. The third-order valence-corrected chi connectivity index (χ3v) is 3.49. The number of hydrazine groups is 1. The topological polar surface area (TPSA) is 37.0 Å². The second-order valence-corrected chi connectivity index (χ2v) is 4.82. The molecular formula is C15H17N3. The maximum Gasteiger partial charge on any atom is 0.0482 e. The Morgan fingerprint density at radius 3 is 2.06 bits per heavy atom. The van der Waals surface area contributed by atoms with Gasteiger partial charge < -0.3 is 0 Å². The van der Waals surface area contributed by atoms with E-state index in [1.165, 1.54) is 16.7 Å². The first-order valence-corrected chi connectivity index (χ1v) is 6.30. The van der Waals surface area contributed by atoms with E-state index in [4.69, 9.17) is 0 Å². The molecule has 1 saturated heterocycles. The van der Waals surface area contributed by atoms with Crippen LogP contribution in [0.2, 0.25) is 0 Å². The SMILES string of the molecule is Cc1ccc(C2CC(c3ccncc3)NN2)cc1. The standard InChI is InChI=1S/C15H17N3/c1-11-2-4-12(5-3-11)14-10-15(18-17-14)13-6-8-16-9-7-13/h2-9,14-15,17-18H,10H2,1H3. The fourth-order valence-corrected chi connectivity index (χ4v) is 2.39. The van der Waals surface area contributed by atoms with Crippen LogP contribution < -0.4 is 10.9 Å². The molecule has 1 aliphatic heterocycles. The summed E-state index contributed by atoms with van der Waals surface area (Å²) < 4.78 is 0. The summed E-state index contributed by atoms with van der Waals surface area (Å²) in [6, 6.07) is 13.6. The Bertz CT molecular complexity index is 507. The maximum absolute atomic E-state index is 4.06. The second kappa shape index (κ2) is 4.88. The largest absolute Gasteiger partial charge is 0.265 e. The monoisotopic (exact) mass is 239 g/mol. The van der Waals surface area contributed by atoms with Crippen molar-refractivity contribution in [1.82, 2.24) is 15.8 Å². The summed E-state index contributed by atoms with van der Waals surface area (Å²) in [5, 5.41) is 0. The fraction of sp³-hybridized carbons (Fsp3) is 0.267. The Kier molecular flexibility index (Phi) is 3.09. The van der Waals surface area contributed by atoms with Gasteiger partial charge in [-0.25, -0.2) is 10.9 Å². The minimum absolute atomic E-state index is 0.360. The summed E-state index contributed by atoms with van der Waals surface area (Å²) in [7, 11) is 0. The number of hydrogen-bond acceptors (Lipinski definition) is 3. The smallest absolute Gasteiger partial charge is 0.0482 e. The molecule has 0 radical (unpaired) electrons. The maximum atomic E-state index is 4.06. The molecule has 2 N–H and O–H groups in total. The highest BCUT2D eigenvalue weighted by atomic mass is 15.4. The zero-order valence-electron chi connectivity index (χ0n) is 10.4. The van der Waals surface area contributed by atoms with Crippen LogP contribution in [0.5, 0.6) is 0 Å². The molecule has 1 aromatic carbocycles. The number of nitrogens with zero attached hydrogens (tertiary/aromatic N) is 1. The van der Waals surface area contributed by atoms with E-state index in [1.807, 2.05) is 12.4 Å². The predicted molar refractivity (Wildman–Crippen MR) is 71.8 cm³/mol. The van der Waals surface area contributed by atoms with Crippen LogP contribution >= 0.6 is 0 Å². The van der Waals surface area contributed by atoms with Crippen LogP contribution in [0.4, 0.5) is 0 Å². The van der Waals surface area contributed by atoms with E-state index in [9.17, 15) is 0 Å². The molecule has 0 spiro atoms. The van der Waals surface area contributed by atoms with Crippen molar-refractivity contribution < 1.29 is 0 Å². The van der Waals surface area contributed by atoms with Gasteiger partial charge in [-0.1, -0.05) is 29.8 Å². The van der Waals surface area contributed by atoms with Crippen LogP contribution in [0.1, 0.15) is 35.2 Å². The van der Waals surface area contributed by atoms with Crippen LogP contribution in [-0.2, 0) is 0 Å². The van der Waals surface area contributed by atoms with Gasteiger partial charge in [-0.05, 0) is 36.6 Å².